The Morgan fingerprint density at radius 2 is 1.68 bits per heavy atom. The molecule has 0 bridgehead atoms. The fraction of sp³-hybridized carbons (Fsp3) is 0.333. The van der Waals surface area contributed by atoms with Crippen LogP contribution in [0.15, 0.2) is 52.4 Å². The lowest BCUT2D eigenvalue weighted by atomic mass is 10.1. The number of nitrogens with one attached hydrogen (secondary N) is 1. The quantitative estimate of drug-likeness (QED) is 0.824. The maximum atomic E-state index is 6.11. The first-order valence-electron chi connectivity index (χ1n) is 9.56. The van der Waals surface area contributed by atoms with Crippen LogP contribution in [0, 0.1) is 13.8 Å². The molecule has 0 spiro atoms. The van der Waals surface area contributed by atoms with Crippen molar-refractivity contribution in [1.82, 2.24) is 4.90 Å². The molecule has 2 aliphatic heterocycles. The van der Waals surface area contributed by atoms with Crippen LogP contribution in [0.5, 0.6) is 0 Å². The molecule has 28 heavy (non-hydrogen) atoms. The van der Waals surface area contributed by atoms with Gasteiger partial charge in [-0.05, 0) is 74.2 Å². The van der Waals surface area contributed by atoms with Gasteiger partial charge in [0.2, 0.25) is 18.2 Å². The molecule has 0 radical (unpaired) electrons. The standard InChI is InChI=1S/C21H25ClN6/c1-14-11-15(2)13-18(12-14)28-20(24-17-7-5-16(22)6-8-17)25-19(23)26-21(28)27-9-3-4-10-27/h5-8,11-13,20,24H,3-4,9-10H2,1-2H3,(H2,23,25). The van der Waals surface area contributed by atoms with E-state index in [1.54, 1.807) is 0 Å². The molecule has 3 N–H and O–H groups in total. The zero-order valence-electron chi connectivity index (χ0n) is 16.2. The van der Waals surface area contributed by atoms with Crippen LogP contribution in [0.2, 0.25) is 5.02 Å². The molecule has 0 saturated carbocycles. The second kappa shape index (κ2) is 7.72. The Morgan fingerprint density at radius 3 is 2.32 bits per heavy atom. The molecule has 1 unspecified atom stereocenters. The number of anilines is 2. The average Bonchev–Trinajstić information content (AvgIpc) is 3.17. The van der Waals surface area contributed by atoms with E-state index in [0.717, 1.165) is 43.3 Å². The zero-order chi connectivity index (χ0) is 19.7. The highest BCUT2D eigenvalue weighted by Gasteiger charge is 2.32. The molecule has 2 aromatic carbocycles. The number of nitrogens with zero attached hydrogens (tertiary/aromatic N) is 4. The summed E-state index contributed by atoms with van der Waals surface area (Å²) >= 11 is 6.03. The van der Waals surface area contributed by atoms with Gasteiger partial charge in [-0.2, -0.15) is 4.99 Å². The van der Waals surface area contributed by atoms with E-state index in [1.807, 2.05) is 24.3 Å². The van der Waals surface area contributed by atoms with Crippen molar-refractivity contribution < 1.29 is 0 Å². The molecule has 1 saturated heterocycles. The zero-order valence-corrected chi connectivity index (χ0v) is 16.9. The molecule has 0 amide bonds. The van der Waals surface area contributed by atoms with Gasteiger partial charge in [-0.25, -0.2) is 4.99 Å². The molecule has 4 rings (SSSR count). The Balaban J connectivity index is 1.75. The first kappa shape index (κ1) is 18.6. The monoisotopic (exact) mass is 396 g/mol. The summed E-state index contributed by atoms with van der Waals surface area (Å²) < 4.78 is 0. The summed E-state index contributed by atoms with van der Waals surface area (Å²) in [6.07, 6.45) is 1.92. The third kappa shape index (κ3) is 3.92. The number of hydrogen-bond donors (Lipinski definition) is 2. The van der Waals surface area contributed by atoms with E-state index in [9.17, 15) is 0 Å². The van der Waals surface area contributed by atoms with E-state index in [2.05, 4.69) is 57.1 Å². The van der Waals surface area contributed by atoms with Gasteiger partial charge < -0.3 is 16.0 Å². The fourth-order valence-corrected chi connectivity index (χ4v) is 3.88. The van der Waals surface area contributed by atoms with Crippen molar-refractivity contribution in [3.63, 3.8) is 0 Å². The third-order valence-electron chi connectivity index (χ3n) is 4.94. The van der Waals surface area contributed by atoms with Crippen molar-refractivity contribution in [1.29, 1.82) is 0 Å². The van der Waals surface area contributed by atoms with Gasteiger partial charge in [0, 0.05) is 29.5 Å². The second-order valence-corrected chi connectivity index (χ2v) is 7.77. The predicted molar refractivity (Wildman–Crippen MR) is 117 cm³/mol. The minimum atomic E-state index is -0.393. The van der Waals surface area contributed by atoms with Gasteiger partial charge in [-0.1, -0.05) is 17.7 Å². The predicted octanol–water partition coefficient (Wildman–Crippen LogP) is 3.94. The largest absolute Gasteiger partial charge is 0.368 e. The van der Waals surface area contributed by atoms with Crippen LogP contribution in [0.4, 0.5) is 11.4 Å². The number of likely N-dealkylation sites (tertiary alicyclic amines) is 1. The highest BCUT2D eigenvalue weighted by molar-refractivity contribution is 6.30. The Morgan fingerprint density at radius 1 is 1.04 bits per heavy atom. The van der Waals surface area contributed by atoms with Gasteiger partial charge in [-0.15, -0.1) is 0 Å². The van der Waals surface area contributed by atoms with Crippen molar-refractivity contribution in [3.05, 3.63) is 58.6 Å². The molecule has 6 nitrogen and oxygen atoms in total. The Bertz CT molecular complexity index is 895. The van der Waals surface area contributed by atoms with Gasteiger partial charge in [0.15, 0.2) is 0 Å². The van der Waals surface area contributed by atoms with E-state index in [1.165, 1.54) is 11.1 Å². The first-order chi connectivity index (χ1) is 13.5. The number of nitrogens with two attached hydrogens (primary N) is 1. The van der Waals surface area contributed by atoms with Crippen LogP contribution in [-0.2, 0) is 0 Å². The highest BCUT2D eigenvalue weighted by Crippen LogP contribution is 2.27. The summed E-state index contributed by atoms with van der Waals surface area (Å²) in [5.74, 6) is 1.13. The summed E-state index contributed by atoms with van der Waals surface area (Å²) in [6, 6.07) is 14.1. The van der Waals surface area contributed by atoms with Gasteiger partial charge >= 0.3 is 0 Å². The minimum absolute atomic E-state index is 0.286. The van der Waals surface area contributed by atoms with Crippen LogP contribution >= 0.6 is 11.6 Å². The molecule has 0 aromatic heterocycles. The Kier molecular flexibility index (Phi) is 5.13. The molecular formula is C21H25ClN6. The van der Waals surface area contributed by atoms with Crippen LogP contribution < -0.4 is 16.0 Å². The summed E-state index contributed by atoms with van der Waals surface area (Å²) in [6.45, 7) is 6.15. The summed E-state index contributed by atoms with van der Waals surface area (Å²) in [7, 11) is 0. The lowest BCUT2D eigenvalue weighted by molar-refractivity contribution is 0.497. The Labute approximate surface area is 170 Å². The first-order valence-corrected chi connectivity index (χ1v) is 9.94. The molecule has 7 heteroatoms. The summed E-state index contributed by atoms with van der Waals surface area (Å²) in [5.41, 5.74) is 10.5. The van der Waals surface area contributed by atoms with E-state index in [0.29, 0.717) is 5.02 Å². The number of halogens is 1. The second-order valence-electron chi connectivity index (χ2n) is 7.33. The van der Waals surface area contributed by atoms with Crippen LogP contribution in [0.25, 0.3) is 0 Å². The number of guanidine groups is 2. The van der Waals surface area contributed by atoms with Crippen LogP contribution in [0.3, 0.4) is 0 Å². The van der Waals surface area contributed by atoms with Gasteiger partial charge in [0.05, 0.1) is 0 Å². The number of aryl methyl sites for hydroxylation is 2. The summed E-state index contributed by atoms with van der Waals surface area (Å²) in [5, 5.41) is 4.17. The van der Waals surface area contributed by atoms with Gasteiger partial charge in [0.25, 0.3) is 0 Å². The molecule has 146 valence electrons. The van der Waals surface area contributed by atoms with Gasteiger partial charge in [0.1, 0.15) is 0 Å². The average molecular weight is 397 g/mol. The normalized spacial score (nSPS) is 19.5. The van der Waals surface area contributed by atoms with Crippen molar-refractivity contribution >= 4 is 34.9 Å². The van der Waals surface area contributed by atoms with E-state index < -0.39 is 6.29 Å². The maximum absolute atomic E-state index is 6.11. The molecule has 2 aromatic rings. The highest BCUT2D eigenvalue weighted by atomic mass is 35.5. The fourth-order valence-electron chi connectivity index (χ4n) is 3.76. The number of hydrogen-bond acceptors (Lipinski definition) is 6. The molecule has 1 fully saturated rings. The SMILES string of the molecule is Cc1cc(C)cc(N2C(N3CCCC3)=NC(N)=NC2Nc2ccc(Cl)cc2)c1. The maximum Gasteiger partial charge on any atom is 0.222 e. The molecule has 0 aliphatic carbocycles. The topological polar surface area (TPSA) is 69.2 Å². The molecule has 2 heterocycles. The van der Waals surface area contributed by atoms with Crippen molar-refractivity contribution in [2.45, 2.75) is 33.0 Å². The number of aliphatic imine (C=N–C) groups is 2. The van der Waals surface area contributed by atoms with E-state index >= 15 is 0 Å². The smallest absolute Gasteiger partial charge is 0.222 e. The molecule has 1 atom stereocenters. The van der Waals surface area contributed by atoms with E-state index in [4.69, 9.17) is 17.3 Å². The van der Waals surface area contributed by atoms with Crippen molar-refractivity contribution in [2.24, 2.45) is 15.7 Å². The molecule has 2 aliphatic rings. The van der Waals surface area contributed by atoms with Crippen molar-refractivity contribution in [2.75, 3.05) is 23.3 Å². The molecular weight excluding hydrogens is 372 g/mol. The number of benzene rings is 2. The van der Waals surface area contributed by atoms with Gasteiger partial charge in [-0.3, -0.25) is 4.90 Å². The lowest BCUT2D eigenvalue weighted by Crippen LogP contribution is -2.54. The number of rotatable bonds is 3. The van der Waals surface area contributed by atoms with Crippen LogP contribution in [0.1, 0.15) is 24.0 Å². The lowest BCUT2D eigenvalue weighted by Gasteiger charge is -2.38. The third-order valence-corrected chi connectivity index (χ3v) is 5.19. The van der Waals surface area contributed by atoms with E-state index in [-0.39, 0.29) is 5.96 Å². The minimum Gasteiger partial charge on any atom is -0.368 e. The van der Waals surface area contributed by atoms with Crippen LogP contribution in [-0.4, -0.2) is 36.2 Å². The summed E-state index contributed by atoms with van der Waals surface area (Å²) in [4.78, 5) is 13.6. The Hall–Kier alpha value is -2.73. The van der Waals surface area contributed by atoms with Crippen molar-refractivity contribution in [3.8, 4) is 0 Å².